The van der Waals surface area contributed by atoms with Crippen LogP contribution in [0.4, 0.5) is 25.0 Å². The van der Waals surface area contributed by atoms with Crippen LogP contribution in [0.2, 0.25) is 0 Å². The van der Waals surface area contributed by atoms with Gasteiger partial charge in [0.25, 0.3) is 5.76 Å². The van der Waals surface area contributed by atoms with E-state index in [4.69, 9.17) is 0 Å². The quantitative estimate of drug-likeness (QED) is 0.609. The number of aliphatic hydroxyl groups excluding tert-OH is 1. The summed E-state index contributed by atoms with van der Waals surface area (Å²) >= 11 is 0.365. The van der Waals surface area contributed by atoms with Gasteiger partial charge in [-0.15, -0.1) is 0 Å². The molecule has 0 spiro atoms. The Balaban J connectivity index is 1.93. The normalized spacial score (nSPS) is 12.4. The Morgan fingerprint density at radius 2 is 2.08 bits per heavy atom. The van der Waals surface area contributed by atoms with Gasteiger partial charge in [-0.3, -0.25) is 4.68 Å². The van der Waals surface area contributed by atoms with Gasteiger partial charge >= 0.3 is 6.03 Å². The topological polar surface area (TPSA) is 82.4 Å². The van der Waals surface area contributed by atoms with Crippen LogP contribution in [0.25, 0.3) is 0 Å². The number of amides is 2. The Morgan fingerprint density at radius 3 is 2.77 bits per heavy atom. The molecule has 0 aliphatic carbocycles. The molecule has 1 aromatic heterocycles. The fourth-order valence-corrected chi connectivity index (χ4v) is 2.87. The van der Waals surface area contributed by atoms with Crippen molar-refractivity contribution in [1.82, 2.24) is 14.7 Å². The third-order valence-electron chi connectivity index (χ3n) is 3.22. The van der Waals surface area contributed by atoms with Crippen LogP contribution < -0.4 is 10.6 Å². The van der Waals surface area contributed by atoms with Crippen LogP contribution in [0.3, 0.4) is 0 Å². The maximum absolute atomic E-state index is 12.6. The zero-order valence-electron chi connectivity index (χ0n) is 14.4. The molecule has 0 bridgehead atoms. The minimum absolute atomic E-state index is 0.278. The van der Waals surface area contributed by atoms with E-state index in [1.807, 2.05) is 19.0 Å². The summed E-state index contributed by atoms with van der Waals surface area (Å²) in [6.45, 7) is 0.775. The van der Waals surface area contributed by atoms with E-state index in [2.05, 4.69) is 15.7 Å². The maximum atomic E-state index is 12.6. The minimum atomic E-state index is -2.58. The molecule has 2 amide bonds. The molecule has 0 aliphatic rings. The molecule has 2 aromatic rings. The molecule has 26 heavy (non-hydrogen) atoms. The number of rotatable bonds is 8. The van der Waals surface area contributed by atoms with Gasteiger partial charge in [-0.05, 0) is 26.2 Å². The number of aliphatic hydroxyl groups is 1. The summed E-state index contributed by atoms with van der Waals surface area (Å²) in [6, 6.07) is 5.76. The Bertz CT molecular complexity index is 726. The number of aromatic nitrogens is 2. The summed E-state index contributed by atoms with van der Waals surface area (Å²) in [6.07, 6.45) is 2.44. The van der Waals surface area contributed by atoms with Crippen LogP contribution in [-0.2, 0) is 6.54 Å². The average Bonchev–Trinajstić information content (AvgIpc) is 2.94. The highest BCUT2D eigenvalue weighted by molar-refractivity contribution is 7.99. The van der Waals surface area contributed by atoms with Gasteiger partial charge in [-0.2, -0.15) is 13.9 Å². The molecule has 142 valence electrons. The first-order valence-electron chi connectivity index (χ1n) is 7.80. The van der Waals surface area contributed by atoms with E-state index in [1.54, 1.807) is 24.4 Å². The fraction of sp³-hybridized carbons (Fsp3) is 0.375. The Morgan fingerprint density at radius 1 is 1.35 bits per heavy atom. The number of carbonyl (C=O) groups is 1. The van der Waals surface area contributed by atoms with Gasteiger partial charge < -0.3 is 20.6 Å². The second-order valence-corrected chi connectivity index (χ2v) is 6.85. The van der Waals surface area contributed by atoms with Crippen molar-refractivity contribution in [2.24, 2.45) is 0 Å². The maximum Gasteiger partial charge on any atom is 0.323 e. The smallest absolute Gasteiger partial charge is 0.323 e. The van der Waals surface area contributed by atoms with Gasteiger partial charge in [0.05, 0.1) is 30.2 Å². The van der Waals surface area contributed by atoms with Gasteiger partial charge in [-0.1, -0.05) is 23.9 Å². The summed E-state index contributed by atoms with van der Waals surface area (Å²) in [5, 5.41) is 19.1. The van der Waals surface area contributed by atoms with E-state index < -0.39 is 17.9 Å². The molecular formula is C16H21F2N5O2S. The zero-order chi connectivity index (χ0) is 19.1. The van der Waals surface area contributed by atoms with Gasteiger partial charge in [-0.25, -0.2) is 4.79 Å². The van der Waals surface area contributed by atoms with Gasteiger partial charge in [0, 0.05) is 17.6 Å². The van der Waals surface area contributed by atoms with Gasteiger partial charge in [0.1, 0.15) is 0 Å². The lowest BCUT2D eigenvalue weighted by molar-refractivity contribution is 0.116. The second-order valence-electron chi connectivity index (χ2n) is 5.82. The average molecular weight is 385 g/mol. The number of hydrogen-bond acceptors (Lipinski definition) is 5. The molecule has 1 atom stereocenters. The molecule has 0 aliphatic heterocycles. The first-order valence-corrected chi connectivity index (χ1v) is 8.68. The fourth-order valence-electron chi connectivity index (χ4n) is 2.28. The Kier molecular flexibility index (Phi) is 7.37. The molecule has 3 N–H and O–H groups in total. The lowest BCUT2D eigenvalue weighted by Crippen LogP contribution is -2.29. The number of urea groups is 1. The van der Waals surface area contributed by atoms with E-state index in [0.717, 1.165) is 0 Å². The van der Waals surface area contributed by atoms with Crippen molar-refractivity contribution in [2.75, 3.05) is 31.3 Å². The van der Waals surface area contributed by atoms with Crippen molar-refractivity contribution in [2.45, 2.75) is 23.3 Å². The number of benzene rings is 1. The Labute approximate surface area is 154 Å². The van der Waals surface area contributed by atoms with E-state index in [1.165, 1.54) is 16.9 Å². The molecule has 0 fully saturated rings. The number of hydrogen-bond donors (Lipinski definition) is 3. The predicted molar refractivity (Wildman–Crippen MR) is 97.7 cm³/mol. The number of likely N-dealkylation sites (N-methyl/N-ethyl adjacent to an activating group) is 1. The molecule has 2 rings (SSSR count). The summed E-state index contributed by atoms with van der Waals surface area (Å²) in [5.41, 5.74) is 0.725. The highest BCUT2D eigenvalue weighted by Crippen LogP contribution is 2.31. The largest absolute Gasteiger partial charge is 0.390 e. The van der Waals surface area contributed by atoms with Crippen LogP contribution in [0.15, 0.2) is 41.6 Å². The van der Waals surface area contributed by atoms with Crippen LogP contribution >= 0.6 is 11.8 Å². The number of thioether (sulfide) groups is 1. The Hall–Kier alpha value is -2.17. The SMILES string of the molecule is CN(C)CC(O)Cn1cc(NC(=O)Nc2ccccc2SC(F)F)cn1. The number of carbonyl (C=O) groups excluding carboxylic acids is 1. The molecule has 10 heteroatoms. The highest BCUT2D eigenvalue weighted by Gasteiger charge is 2.13. The molecule has 0 saturated heterocycles. The van der Waals surface area contributed by atoms with Crippen molar-refractivity contribution in [3.63, 3.8) is 0 Å². The number of anilines is 2. The summed E-state index contributed by atoms with van der Waals surface area (Å²) < 4.78 is 26.7. The minimum Gasteiger partial charge on any atom is -0.390 e. The van der Waals surface area contributed by atoms with Crippen LogP contribution in [0.1, 0.15) is 0 Å². The third-order valence-corrected chi connectivity index (χ3v) is 4.00. The first kappa shape index (κ1) is 20.1. The summed E-state index contributed by atoms with van der Waals surface area (Å²) in [4.78, 5) is 14.2. The van der Waals surface area contributed by atoms with Crippen molar-refractivity contribution < 1.29 is 18.7 Å². The molecule has 0 radical (unpaired) electrons. The van der Waals surface area contributed by atoms with E-state index in [-0.39, 0.29) is 11.4 Å². The number of para-hydroxylation sites is 1. The van der Waals surface area contributed by atoms with Gasteiger partial charge in [0.15, 0.2) is 0 Å². The number of alkyl halides is 2. The second kappa shape index (κ2) is 9.51. The molecule has 1 unspecified atom stereocenters. The number of nitrogens with zero attached hydrogens (tertiary/aromatic N) is 3. The number of nitrogens with one attached hydrogen (secondary N) is 2. The van der Waals surface area contributed by atoms with Crippen LogP contribution in [-0.4, -0.2) is 58.3 Å². The van der Waals surface area contributed by atoms with E-state index in [0.29, 0.717) is 29.7 Å². The molecule has 1 aromatic carbocycles. The zero-order valence-corrected chi connectivity index (χ0v) is 15.2. The third kappa shape index (κ3) is 6.62. The monoisotopic (exact) mass is 385 g/mol. The predicted octanol–water partition coefficient (Wildman–Crippen LogP) is 2.76. The summed E-state index contributed by atoms with van der Waals surface area (Å²) in [5.74, 6) is -2.58. The molecule has 7 nitrogen and oxygen atoms in total. The van der Waals surface area contributed by atoms with Crippen molar-refractivity contribution in [3.05, 3.63) is 36.7 Å². The molecular weight excluding hydrogens is 364 g/mol. The molecule has 0 saturated carbocycles. The lowest BCUT2D eigenvalue weighted by Gasteiger charge is -2.15. The van der Waals surface area contributed by atoms with Crippen LogP contribution in [0, 0.1) is 0 Å². The number of halogens is 2. The van der Waals surface area contributed by atoms with Crippen molar-refractivity contribution in [3.8, 4) is 0 Å². The van der Waals surface area contributed by atoms with E-state index in [9.17, 15) is 18.7 Å². The molecule has 1 heterocycles. The van der Waals surface area contributed by atoms with Gasteiger partial charge in [0.2, 0.25) is 0 Å². The summed E-state index contributed by atoms with van der Waals surface area (Å²) in [7, 11) is 3.71. The van der Waals surface area contributed by atoms with Crippen molar-refractivity contribution >= 4 is 29.2 Å². The van der Waals surface area contributed by atoms with E-state index >= 15 is 0 Å². The van der Waals surface area contributed by atoms with Crippen LogP contribution in [0.5, 0.6) is 0 Å². The van der Waals surface area contributed by atoms with Crippen molar-refractivity contribution in [1.29, 1.82) is 0 Å². The highest BCUT2D eigenvalue weighted by atomic mass is 32.2. The lowest BCUT2D eigenvalue weighted by atomic mass is 10.3. The standard InChI is InChI=1S/C16H21F2N5O2S/c1-22(2)9-12(24)10-23-8-11(7-19-23)20-16(25)21-13-5-3-4-6-14(13)26-15(17)18/h3-8,12,15,24H,9-10H2,1-2H3,(H2,20,21,25). The first-order chi connectivity index (χ1) is 12.3.